The molecule has 0 aromatic heterocycles. The number of nitrogens with zero attached hydrogens (tertiary/aromatic N) is 1. The number of benzene rings is 1. The van der Waals surface area contributed by atoms with E-state index < -0.39 is 0 Å². The van der Waals surface area contributed by atoms with Gasteiger partial charge in [0.1, 0.15) is 0 Å². The summed E-state index contributed by atoms with van der Waals surface area (Å²) in [5.41, 5.74) is 1.23. The molecule has 2 amide bonds. The second kappa shape index (κ2) is 8.82. The van der Waals surface area contributed by atoms with E-state index in [-0.39, 0.29) is 6.03 Å². The van der Waals surface area contributed by atoms with Crippen LogP contribution in [-0.2, 0) is 0 Å². The zero-order valence-electron chi connectivity index (χ0n) is 12.4. The normalized spacial score (nSPS) is 12.0. The van der Waals surface area contributed by atoms with Crippen LogP contribution in [0, 0.1) is 0 Å². The summed E-state index contributed by atoms with van der Waals surface area (Å²) in [7, 11) is 3.46. The maximum absolute atomic E-state index is 11.4. The molecular weight excluding hydrogens is 274 g/mol. The van der Waals surface area contributed by atoms with E-state index in [9.17, 15) is 4.79 Å². The van der Waals surface area contributed by atoms with Crippen LogP contribution < -0.4 is 10.6 Å². The molecule has 0 spiro atoms. The number of carbonyl (C=O) groups excluding carboxylic acids is 1. The first-order chi connectivity index (χ1) is 9.54. The van der Waals surface area contributed by atoms with Gasteiger partial charge in [-0.3, -0.25) is 0 Å². The predicted molar refractivity (Wildman–Crippen MR) is 84.2 cm³/mol. The van der Waals surface area contributed by atoms with Crippen molar-refractivity contribution in [1.82, 2.24) is 15.5 Å². The van der Waals surface area contributed by atoms with Crippen LogP contribution in [-0.4, -0.2) is 38.1 Å². The number of hydrogen-bond donors (Lipinski definition) is 2. The van der Waals surface area contributed by atoms with E-state index in [4.69, 9.17) is 11.6 Å². The molecule has 1 aromatic carbocycles. The largest absolute Gasteiger partial charge is 0.337 e. The maximum atomic E-state index is 11.4. The Bertz CT molecular complexity index is 406. The Hall–Kier alpha value is -1.26. The molecule has 1 rings (SSSR count). The zero-order chi connectivity index (χ0) is 15.0. The van der Waals surface area contributed by atoms with Crippen molar-refractivity contribution in [3.8, 4) is 0 Å². The van der Waals surface area contributed by atoms with Crippen LogP contribution >= 0.6 is 11.6 Å². The van der Waals surface area contributed by atoms with Gasteiger partial charge in [0.2, 0.25) is 0 Å². The van der Waals surface area contributed by atoms with E-state index in [1.54, 1.807) is 14.1 Å². The average Bonchev–Trinajstić information content (AvgIpc) is 2.43. The highest BCUT2D eigenvalue weighted by atomic mass is 35.5. The number of hydrogen-bond acceptors (Lipinski definition) is 2. The van der Waals surface area contributed by atoms with Gasteiger partial charge in [-0.2, -0.15) is 0 Å². The van der Waals surface area contributed by atoms with Gasteiger partial charge in [-0.25, -0.2) is 4.79 Å². The first kappa shape index (κ1) is 16.8. The molecule has 0 aliphatic rings. The molecular formula is C15H24ClN3O. The quantitative estimate of drug-likeness (QED) is 0.760. The summed E-state index contributed by atoms with van der Waals surface area (Å²) in [6.07, 6.45) is 2.16. The third-order valence-corrected chi connectivity index (χ3v) is 3.30. The van der Waals surface area contributed by atoms with Crippen LogP contribution in [0.3, 0.4) is 0 Å². The Morgan fingerprint density at radius 1 is 1.25 bits per heavy atom. The topological polar surface area (TPSA) is 44.4 Å². The summed E-state index contributed by atoms with van der Waals surface area (Å²) in [5.74, 6) is 0. The highest BCUT2D eigenvalue weighted by Crippen LogP contribution is 2.20. The lowest BCUT2D eigenvalue weighted by Crippen LogP contribution is -2.39. The molecule has 0 bridgehead atoms. The van der Waals surface area contributed by atoms with Crippen molar-refractivity contribution < 1.29 is 4.79 Å². The molecule has 0 aliphatic heterocycles. The van der Waals surface area contributed by atoms with Crippen LogP contribution in [0.25, 0.3) is 0 Å². The monoisotopic (exact) mass is 297 g/mol. The van der Waals surface area contributed by atoms with Crippen LogP contribution in [0.1, 0.15) is 31.4 Å². The number of nitrogens with one attached hydrogen (secondary N) is 2. The van der Waals surface area contributed by atoms with Crippen LogP contribution in [0.2, 0.25) is 5.02 Å². The lowest BCUT2D eigenvalue weighted by molar-refractivity contribution is 0.217. The number of carbonyl (C=O) groups is 1. The van der Waals surface area contributed by atoms with Crippen LogP contribution in [0.15, 0.2) is 24.3 Å². The first-order valence-corrected chi connectivity index (χ1v) is 7.36. The third-order valence-electron chi connectivity index (χ3n) is 3.05. The van der Waals surface area contributed by atoms with Gasteiger partial charge in [0.15, 0.2) is 0 Å². The lowest BCUT2D eigenvalue weighted by atomic mass is 10.0. The van der Waals surface area contributed by atoms with Gasteiger partial charge in [0, 0.05) is 38.2 Å². The van der Waals surface area contributed by atoms with Crippen molar-refractivity contribution in [2.45, 2.75) is 25.8 Å². The molecule has 112 valence electrons. The average molecular weight is 298 g/mol. The number of halogens is 1. The summed E-state index contributed by atoms with van der Waals surface area (Å²) < 4.78 is 0. The fraction of sp³-hybridized carbons (Fsp3) is 0.533. The molecule has 20 heavy (non-hydrogen) atoms. The maximum Gasteiger partial charge on any atom is 0.316 e. The van der Waals surface area contributed by atoms with Gasteiger partial charge in [-0.1, -0.05) is 37.1 Å². The molecule has 0 radical (unpaired) electrons. The van der Waals surface area contributed by atoms with Gasteiger partial charge in [0.25, 0.3) is 0 Å². The van der Waals surface area contributed by atoms with Crippen LogP contribution in [0.4, 0.5) is 4.79 Å². The van der Waals surface area contributed by atoms with Gasteiger partial charge >= 0.3 is 6.03 Å². The molecule has 4 nitrogen and oxygen atoms in total. The summed E-state index contributed by atoms with van der Waals surface area (Å²) in [6.45, 7) is 3.52. The zero-order valence-corrected chi connectivity index (χ0v) is 13.2. The molecule has 5 heteroatoms. The van der Waals surface area contributed by atoms with Crippen LogP contribution in [0.5, 0.6) is 0 Å². The van der Waals surface area contributed by atoms with Crippen molar-refractivity contribution in [2.75, 3.05) is 27.2 Å². The molecule has 0 saturated heterocycles. The molecule has 1 aromatic rings. The predicted octanol–water partition coefficient (Wildman–Crippen LogP) is 3.04. The summed E-state index contributed by atoms with van der Waals surface area (Å²) >= 11 is 5.91. The number of amides is 2. The van der Waals surface area contributed by atoms with Crippen molar-refractivity contribution in [3.05, 3.63) is 34.9 Å². The SMILES string of the molecule is CCCC(NCCNC(=O)N(C)C)c1ccc(Cl)cc1. The Kier molecular flexibility index (Phi) is 7.41. The Labute approximate surface area is 126 Å². The van der Waals surface area contributed by atoms with E-state index in [1.807, 2.05) is 24.3 Å². The summed E-state index contributed by atoms with van der Waals surface area (Å²) in [6, 6.07) is 8.16. The molecule has 2 N–H and O–H groups in total. The Morgan fingerprint density at radius 3 is 2.45 bits per heavy atom. The number of rotatable bonds is 7. The minimum atomic E-state index is -0.0645. The van der Waals surface area contributed by atoms with Gasteiger partial charge in [0.05, 0.1) is 0 Å². The molecule has 0 fully saturated rings. The second-order valence-corrected chi connectivity index (χ2v) is 5.41. The van der Waals surface area contributed by atoms with Gasteiger partial charge < -0.3 is 15.5 Å². The Morgan fingerprint density at radius 2 is 1.90 bits per heavy atom. The Balaban J connectivity index is 2.43. The smallest absolute Gasteiger partial charge is 0.316 e. The van der Waals surface area contributed by atoms with E-state index in [0.29, 0.717) is 12.6 Å². The van der Waals surface area contributed by atoms with E-state index in [1.165, 1.54) is 10.5 Å². The fourth-order valence-electron chi connectivity index (χ4n) is 1.94. The fourth-order valence-corrected chi connectivity index (χ4v) is 2.07. The van der Waals surface area contributed by atoms with Crippen molar-refractivity contribution >= 4 is 17.6 Å². The second-order valence-electron chi connectivity index (χ2n) is 4.97. The van der Waals surface area contributed by atoms with Crippen molar-refractivity contribution in [1.29, 1.82) is 0 Å². The van der Waals surface area contributed by atoms with E-state index >= 15 is 0 Å². The molecule has 0 heterocycles. The molecule has 1 unspecified atom stereocenters. The highest BCUT2D eigenvalue weighted by molar-refractivity contribution is 6.30. The van der Waals surface area contributed by atoms with E-state index in [0.717, 1.165) is 24.4 Å². The van der Waals surface area contributed by atoms with Gasteiger partial charge in [-0.05, 0) is 24.1 Å². The first-order valence-electron chi connectivity index (χ1n) is 6.98. The van der Waals surface area contributed by atoms with Crippen molar-refractivity contribution in [3.63, 3.8) is 0 Å². The minimum Gasteiger partial charge on any atom is -0.337 e. The summed E-state index contributed by atoms with van der Waals surface area (Å²) in [4.78, 5) is 12.9. The summed E-state index contributed by atoms with van der Waals surface area (Å²) in [5, 5.41) is 7.07. The minimum absolute atomic E-state index is 0.0645. The van der Waals surface area contributed by atoms with Gasteiger partial charge in [-0.15, -0.1) is 0 Å². The molecule has 0 saturated carbocycles. The molecule has 0 aliphatic carbocycles. The number of urea groups is 1. The van der Waals surface area contributed by atoms with Crippen molar-refractivity contribution in [2.24, 2.45) is 0 Å². The highest BCUT2D eigenvalue weighted by Gasteiger charge is 2.10. The molecule has 1 atom stereocenters. The third kappa shape index (κ3) is 5.80. The van der Waals surface area contributed by atoms with E-state index in [2.05, 4.69) is 17.6 Å². The lowest BCUT2D eigenvalue weighted by Gasteiger charge is -2.19. The standard InChI is InChI=1S/C15H24ClN3O/c1-4-5-14(12-6-8-13(16)9-7-12)17-10-11-18-15(20)19(2)3/h6-9,14,17H,4-5,10-11H2,1-3H3,(H,18,20).